The minimum absolute atomic E-state index is 0.0459. The average molecular weight is 277 g/mol. The zero-order valence-corrected chi connectivity index (χ0v) is 11.0. The van der Waals surface area contributed by atoms with Crippen molar-refractivity contribution in [1.82, 2.24) is 4.90 Å². The first kappa shape index (κ1) is 14.0. The van der Waals surface area contributed by atoms with Crippen LogP contribution < -0.4 is 0 Å². The highest BCUT2D eigenvalue weighted by Crippen LogP contribution is 2.29. The fourth-order valence-corrected chi connectivity index (χ4v) is 2.31. The van der Waals surface area contributed by atoms with E-state index in [2.05, 4.69) is 4.74 Å². The molecule has 1 amide bonds. The summed E-state index contributed by atoms with van der Waals surface area (Å²) in [5.41, 5.74) is 1.09. The number of carbonyl (C=O) groups is 3. The zero-order chi connectivity index (χ0) is 14.7. The molecule has 1 fully saturated rings. The highest BCUT2D eigenvalue weighted by atomic mass is 16.5. The van der Waals surface area contributed by atoms with Crippen LogP contribution in [0.1, 0.15) is 34.8 Å². The van der Waals surface area contributed by atoms with Crippen molar-refractivity contribution in [3.05, 3.63) is 35.4 Å². The summed E-state index contributed by atoms with van der Waals surface area (Å²) in [5.74, 6) is -0.407. The molecule has 106 valence electrons. The second kappa shape index (κ2) is 5.73. The van der Waals surface area contributed by atoms with Gasteiger partial charge in [0.15, 0.2) is 0 Å². The lowest BCUT2D eigenvalue weighted by atomic mass is 9.94. The van der Waals surface area contributed by atoms with Gasteiger partial charge in [-0.1, -0.05) is 12.1 Å². The van der Waals surface area contributed by atoms with Crippen LogP contribution >= 0.6 is 0 Å². The van der Waals surface area contributed by atoms with Gasteiger partial charge in [0.1, 0.15) is 5.78 Å². The van der Waals surface area contributed by atoms with Gasteiger partial charge in [-0.2, -0.15) is 0 Å². The third kappa shape index (κ3) is 2.79. The summed E-state index contributed by atoms with van der Waals surface area (Å²) in [6.45, 7) is 0.206. The second-order valence-corrected chi connectivity index (χ2v) is 4.60. The molecule has 1 heterocycles. The van der Waals surface area contributed by atoms with Crippen LogP contribution in [0.25, 0.3) is 0 Å². The standard InChI is InChI=1S/C14H15NO5/c1-20-13(17)10-4-2-9(3-5-10)12-8-11(16)6-7-15(12)14(18)19/h2-5,12H,6-8H2,1H3,(H,18,19)/t12-/m0/s1. The van der Waals surface area contributed by atoms with E-state index in [-0.39, 0.29) is 25.2 Å². The molecule has 0 unspecified atom stereocenters. The van der Waals surface area contributed by atoms with Crippen LogP contribution in [0.2, 0.25) is 0 Å². The molecule has 1 N–H and O–H groups in total. The van der Waals surface area contributed by atoms with E-state index in [1.54, 1.807) is 24.3 Å². The summed E-state index contributed by atoms with van der Waals surface area (Å²) in [6, 6.07) is 5.97. The van der Waals surface area contributed by atoms with Gasteiger partial charge in [-0.05, 0) is 17.7 Å². The summed E-state index contributed by atoms with van der Waals surface area (Å²) >= 11 is 0. The van der Waals surface area contributed by atoms with E-state index in [1.807, 2.05) is 0 Å². The van der Waals surface area contributed by atoms with Crippen molar-refractivity contribution < 1.29 is 24.2 Å². The molecule has 1 aromatic rings. The lowest BCUT2D eigenvalue weighted by Crippen LogP contribution is -2.40. The number of esters is 1. The Morgan fingerprint density at radius 2 is 1.95 bits per heavy atom. The Bertz CT molecular complexity index is 537. The van der Waals surface area contributed by atoms with Crippen molar-refractivity contribution in [1.29, 1.82) is 0 Å². The molecule has 20 heavy (non-hydrogen) atoms. The molecule has 6 nitrogen and oxygen atoms in total. The fourth-order valence-electron chi connectivity index (χ4n) is 2.31. The van der Waals surface area contributed by atoms with Gasteiger partial charge in [0.25, 0.3) is 0 Å². The summed E-state index contributed by atoms with van der Waals surface area (Å²) in [7, 11) is 1.29. The van der Waals surface area contributed by atoms with Crippen molar-refractivity contribution in [2.75, 3.05) is 13.7 Å². The van der Waals surface area contributed by atoms with Gasteiger partial charge in [-0.25, -0.2) is 9.59 Å². The number of ether oxygens (including phenoxy) is 1. The number of nitrogens with zero attached hydrogens (tertiary/aromatic N) is 1. The molecular weight excluding hydrogens is 262 g/mol. The summed E-state index contributed by atoms with van der Waals surface area (Å²) in [5, 5.41) is 9.18. The number of carbonyl (C=O) groups excluding carboxylic acids is 2. The number of amides is 1. The van der Waals surface area contributed by atoms with E-state index >= 15 is 0 Å². The van der Waals surface area contributed by atoms with Gasteiger partial charge >= 0.3 is 12.1 Å². The molecule has 6 heteroatoms. The van der Waals surface area contributed by atoms with Crippen LogP contribution in [-0.4, -0.2) is 41.5 Å². The third-order valence-electron chi connectivity index (χ3n) is 3.39. The van der Waals surface area contributed by atoms with Gasteiger partial charge in [0, 0.05) is 19.4 Å². The number of ketones is 1. The molecule has 1 aliphatic heterocycles. The van der Waals surface area contributed by atoms with Crippen molar-refractivity contribution in [3.63, 3.8) is 0 Å². The number of hydrogen-bond acceptors (Lipinski definition) is 4. The fraction of sp³-hybridized carbons (Fsp3) is 0.357. The number of methoxy groups -OCH3 is 1. The number of benzene rings is 1. The molecule has 0 bridgehead atoms. The zero-order valence-electron chi connectivity index (χ0n) is 11.0. The Morgan fingerprint density at radius 1 is 1.30 bits per heavy atom. The maximum atomic E-state index is 11.5. The number of Topliss-reactive ketones (excluding diaryl/α,β-unsaturated/α-hetero) is 1. The van der Waals surface area contributed by atoms with Crippen LogP contribution in [0.5, 0.6) is 0 Å². The third-order valence-corrected chi connectivity index (χ3v) is 3.39. The first-order valence-electron chi connectivity index (χ1n) is 6.22. The highest BCUT2D eigenvalue weighted by molar-refractivity contribution is 5.89. The Hall–Kier alpha value is -2.37. The molecule has 1 saturated heterocycles. The summed E-state index contributed by atoms with van der Waals surface area (Å²) in [6.07, 6.45) is -0.619. The Morgan fingerprint density at radius 3 is 2.50 bits per heavy atom. The number of hydrogen-bond donors (Lipinski definition) is 1. The van der Waals surface area contributed by atoms with E-state index in [0.717, 1.165) is 0 Å². The minimum Gasteiger partial charge on any atom is -0.465 e. The first-order valence-corrected chi connectivity index (χ1v) is 6.22. The van der Waals surface area contributed by atoms with Gasteiger partial charge in [-0.15, -0.1) is 0 Å². The normalized spacial score (nSPS) is 18.8. The quantitative estimate of drug-likeness (QED) is 0.834. The van der Waals surface area contributed by atoms with E-state index < -0.39 is 18.1 Å². The molecular formula is C14H15NO5. The van der Waals surface area contributed by atoms with Crippen molar-refractivity contribution in [3.8, 4) is 0 Å². The number of likely N-dealkylation sites (tertiary alicyclic amines) is 1. The van der Waals surface area contributed by atoms with Crippen LogP contribution in [0.4, 0.5) is 4.79 Å². The Kier molecular flexibility index (Phi) is 4.02. The molecule has 1 aliphatic rings. The van der Waals surface area contributed by atoms with Gasteiger partial charge < -0.3 is 14.7 Å². The molecule has 0 aromatic heterocycles. The maximum Gasteiger partial charge on any atom is 0.407 e. The van der Waals surface area contributed by atoms with E-state index in [9.17, 15) is 19.5 Å². The van der Waals surface area contributed by atoms with Crippen LogP contribution in [0.3, 0.4) is 0 Å². The van der Waals surface area contributed by atoms with E-state index in [1.165, 1.54) is 12.0 Å². The van der Waals surface area contributed by atoms with Crippen molar-refractivity contribution in [2.45, 2.75) is 18.9 Å². The van der Waals surface area contributed by atoms with Crippen molar-refractivity contribution >= 4 is 17.8 Å². The molecule has 0 aliphatic carbocycles. The topological polar surface area (TPSA) is 83.9 Å². The smallest absolute Gasteiger partial charge is 0.407 e. The molecule has 1 aromatic carbocycles. The van der Waals surface area contributed by atoms with Gasteiger partial charge in [0.05, 0.1) is 18.7 Å². The second-order valence-electron chi connectivity index (χ2n) is 4.60. The largest absolute Gasteiger partial charge is 0.465 e. The SMILES string of the molecule is COC(=O)c1ccc([C@@H]2CC(=O)CCN2C(=O)O)cc1. The van der Waals surface area contributed by atoms with Crippen LogP contribution in [0.15, 0.2) is 24.3 Å². The summed E-state index contributed by atoms with van der Waals surface area (Å²) in [4.78, 5) is 35.4. The maximum absolute atomic E-state index is 11.5. The molecule has 0 saturated carbocycles. The number of rotatable bonds is 2. The predicted molar refractivity (Wildman–Crippen MR) is 69.5 cm³/mol. The molecule has 0 spiro atoms. The van der Waals surface area contributed by atoms with Crippen LogP contribution in [0, 0.1) is 0 Å². The Labute approximate surface area is 115 Å². The molecule has 2 rings (SSSR count). The molecule has 1 atom stereocenters. The van der Waals surface area contributed by atoms with Crippen molar-refractivity contribution in [2.24, 2.45) is 0 Å². The first-order chi connectivity index (χ1) is 9.52. The lowest BCUT2D eigenvalue weighted by Gasteiger charge is -2.33. The monoisotopic (exact) mass is 277 g/mol. The molecule has 0 radical (unpaired) electrons. The van der Waals surface area contributed by atoms with E-state index in [4.69, 9.17) is 0 Å². The lowest BCUT2D eigenvalue weighted by molar-refractivity contribution is -0.122. The number of piperidine rings is 1. The summed E-state index contributed by atoms with van der Waals surface area (Å²) < 4.78 is 4.60. The highest BCUT2D eigenvalue weighted by Gasteiger charge is 2.31. The van der Waals surface area contributed by atoms with Gasteiger partial charge in [0.2, 0.25) is 0 Å². The predicted octanol–water partition coefficient (Wildman–Crippen LogP) is 1.86. The average Bonchev–Trinajstić information content (AvgIpc) is 2.46. The Balaban J connectivity index is 2.25. The van der Waals surface area contributed by atoms with Crippen LogP contribution in [-0.2, 0) is 9.53 Å². The van der Waals surface area contributed by atoms with Gasteiger partial charge in [-0.3, -0.25) is 4.79 Å². The number of carboxylic acid groups (broad SMARTS) is 1. The minimum atomic E-state index is -1.04. The van der Waals surface area contributed by atoms with E-state index in [0.29, 0.717) is 11.1 Å².